The lowest BCUT2D eigenvalue weighted by atomic mass is 9.80. The van der Waals surface area contributed by atoms with Crippen LogP contribution in [0.25, 0.3) is 0 Å². The molecule has 4 aliphatic rings. The molecule has 5 N–H and O–H groups in total. The molecule has 202 valence electrons. The summed E-state index contributed by atoms with van der Waals surface area (Å²) in [5.74, 6) is -2.31. The molecule has 38 heavy (non-hydrogen) atoms. The van der Waals surface area contributed by atoms with Gasteiger partial charge in [-0.2, -0.15) is 0 Å². The van der Waals surface area contributed by atoms with E-state index in [1.807, 2.05) is 0 Å². The molecule has 0 aromatic heterocycles. The molecule has 6 rings (SSSR count). The number of benzene rings is 2. The molecular weight excluding hydrogens is 504 g/mol. The van der Waals surface area contributed by atoms with Gasteiger partial charge in [0.05, 0.1) is 29.4 Å². The van der Waals surface area contributed by atoms with Gasteiger partial charge < -0.3 is 49.2 Å². The third kappa shape index (κ3) is 3.67. The number of ether oxygens (including phenoxy) is 5. The van der Waals surface area contributed by atoms with Crippen LogP contribution < -0.4 is 9.47 Å². The molecule has 0 unspecified atom stereocenters. The Labute approximate surface area is 215 Å². The van der Waals surface area contributed by atoms with Crippen LogP contribution in [-0.4, -0.2) is 87.8 Å². The van der Waals surface area contributed by atoms with Crippen LogP contribution in [0.1, 0.15) is 62.8 Å². The molecule has 12 nitrogen and oxygen atoms in total. The summed E-state index contributed by atoms with van der Waals surface area (Å²) in [5, 5.41) is 52.2. The van der Waals surface area contributed by atoms with Gasteiger partial charge in [0.2, 0.25) is 18.4 Å². The van der Waals surface area contributed by atoms with Gasteiger partial charge in [-0.15, -0.1) is 0 Å². The number of phenolic OH excluding ortho intramolecular Hbond substituents is 2. The Bertz CT molecular complexity index is 1320. The van der Waals surface area contributed by atoms with Crippen molar-refractivity contribution < 1.29 is 58.8 Å². The average Bonchev–Trinajstić information content (AvgIpc) is 2.89. The molecule has 2 fully saturated rings. The van der Waals surface area contributed by atoms with E-state index in [9.17, 15) is 35.1 Å². The zero-order valence-corrected chi connectivity index (χ0v) is 20.2. The molecule has 2 aromatic carbocycles. The minimum absolute atomic E-state index is 0.0945. The summed E-state index contributed by atoms with van der Waals surface area (Å²) in [7, 11) is 1.29. The highest BCUT2D eigenvalue weighted by atomic mass is 16.7. The zero-order valence-electron chi connectivity index (χ0n) is 20.2. The quantitative estimate of drug-likeness (QED) is 0.318. The molecule has 2 saturated heterocycles. The minimum Gasteiger partial charge on any atom is -0.507 e. The van der Waals surface area contributed by atoms with Crippen LogP contribution in [-0.2, 0) is 14.2 Å². The Morgan fingerprint density at radius 2 is 1.74 bits per heavy atom. The van der Waals surface area contributed by atoms with E-state index in [-0.39, 0.29) is 33.8 Å². The van der Waals surface area contributed by atoms with Crippen molar-refractivity contribution >= 4 is 11.6 Å². The highest BCUT2D eigenvalue weighted by Crippen LogP contribution is 2.50. The first-order chi connectivity index (χ1) is 18.2. The summed E-state index contributed by atoms with van der Waals surface area (Å²) < 4.78 is 27.9. The average molecular weight is 530 g/mol. The number of ketones is 2. The minimum atomic E-state index is -1.60. The molecule has 2 bridgehead atoms. The van der Waals surface area contributed by atoms with Crippen LogP contribution in [0.3, 0.4) is 0 Å². The molecule has 3 heterocycles. The molecule has 7 atom stereocenters. The maximum absolute atomic E-state index is 13.5. The predicted octanol–water partition coefficient (Wildman–Crippen LogP) is 0.666. The number of fused-ring (bicyclic) bond motifs is 6. The van der Waals surface area contributed by atoms with Gasteiger partial charge in [-0.25, -0.2) is 0 Å². The highest BCUT2D eigenvalue weighted by Gasteiger charge is 2.46. The van der Waals surface area contributed by atoms with Crippen LogP contribution >= 0.6 is 0 Å². The standard InChI is InChI=1S/C26H26O12/c1-34-25-15(8-27)38-26(24(33)23(25)32)35-9-5-10-17(12(28)6-9)21(30)18-11(20(10)29)7-14-19(22(18)31)13-3-2-4-16(36-13)37-14/h5-7,13,15-16,23-28,31-33H,2-4,8H2,1H3/t13-,15-,16-,23-,24-,25-,26-/m1/s1. The van der Waals surface area contributed by atoms with Crippen molar-refractivity contribution in [1.29, 1.82) is 0 Å². The van der Waals surface area contributed by atoms with E-state index in [1.165, 1.54) is 19.2 Å². The zero-order chi connectivity index (χ0) is 26.9. The third-order valence-corrected chi connectivity index (χ3v) is 7.48. The summed E-state index contributed by atoms with van der Waals surface area (Å²) >= 11 is 0. The van der Waals surface area contributed by atoms with E-state index in [4.69, 9.17) is 23.7 Å². The van der Waals surface area contributed by atoms with Crippen molar-refractivity contribution in [3.8, 4) is 23.0 Å². The number of aromatic hydroxyl groups is 2. The first-order valence-corrected chi connectivity index (χ1v) is 12.2. The maximum Gasteiger partial charge on any atom is 0.229 e. The smallest absolute Gasteiger partial charge is 0.229 e. The predicted molar refractivity (Wildman–Crippen MR) is 124 cm³/mol. The normalized spacial score (nSPS) is 31.6. The lowest BCUT2D eigenvalue weighted by Crippen LogP contribution is -2.60. The lowest BCUT2D eigenvalue weighted by Gasteiger charge is -2.41. The number of rotatable bonds is 4. The number of carbonyl (C=O) groups excluding carboxylic acids is 2. The molecule has 0 saturated carbocycles. The number of aliphatic hydroxyl groups excluding tert-OH is 3. The summed E-state index contributed by atoms with van der Waals surface area (Å²) in [5.41, 5.74) is -0.543. The monoisotopic (exact) mass is 530 g/mol. The lowest BCUT2D eigenvalue weighted by molar-refractivity contribution is -0.281. The second-order valence-electron chi connectivity index (χ2n) is 9.71. The molecule has 1 aliphatic carbocycles. The van der Waals surface area contributed by atoms with Crippen molar-refractivity contribution in [3.63, 3.8) is 0 Å². The Morgan fingerprint density at radius 3 is 2.47 bits per heavy atom. The van der Waals surface area contributed by atoms with Crippen LogP contribution in [0.15, 0.2) is 18.2 Å². The highest BCUT2D eigenvalue weighted by molar-refractivity contribution is 6.30. The van der Waals surface area contributed by atoms with Gasteiger partial charge in [-0.1, -0.05) is 0 Å². The third-order valence-electron chi connectivity index (χ3n) is 7.48. The van der Waals surface area contributed by atoms with Crippen molar-refractivity contribution in [3.05, 3.63) is 46.0 Å². The number of carbonyl (C=O) groups is 2. The molecular formula is C26H26O12. The van der Waals surface area contributed by atoms with E-state index in [1.54, 1.807) is 0 Å². The van der Waals surface area contributed by atoms with E-state index >= 15 is 0 Å². The van der Waals surface area contributed by atoms with E-state index in [0.717, 1.165) is 12.5 Å². The van der Waals surface area contributed by atoms with Crippen molar-refractivity contribution in [2.75, 3.05) is 13.7 Å². The summed E-state index contributed by atoms with van der Waals surface area (Å²) in [6, 6.07) is 3.67. The van der Waals surface area contributed by atoms with Crippen LogP contribution in [0.2, 0.25) is 0 Å². The van der Waals surface area contributed by atoms with Gasteiger partial charge in [0.15, 0.2) is 5.78 Å². The first-order valence-electron chi connectivity index (χ1n) is 12.2. The SMILES string of the molecule is CO[C@H]1[C@H](O)[C@@H](O)[C@H](Oc2cc(O)c3c(c2)C(=O)c2cc4c(c(O)c2C3=O)[C@H]2CCC[C@@H](O4)O2)O[C@@H]1CO. The Hall–Kier alpha value is -3.26. The molecule has 0 spiro atoms. The van der Waals surface area contributed by atoms with Crippen LogP contribution in [0.4, 0.5) is 0 Å². The first kappa shape index (κ1) is 25.0. The van der Waals surface area contributed by atoms with Gasteiger partial charge in [0, 0.05) is 30.7 Å². The molecule has 3 aliphatic heterocycles. The Morgan fingerprint density at radius 1 is 0.974 bits per heavy atom. The Kier molecular flexibility index (Phi) is 6.05. The second kappa shape index (κ2) is 9.19. The van der Waals surface area contributed by atoms with Crippen LogP contribution in [0.5, 0.6) is 23.0 Å². The largest absolute Gasteiger partial charge is 0.507 e. The molecule has 0 amide bonds. The van der Waals surface area contributed by atoms with E-state index in [2.05, 4.69) is 0 Å². The summed E-state index contributed by atoms with van der Waals surface area (Å²) in [4.78, 5) is 27.0. The molecule has 12 heteroatoms. The van der Waals surface area contributed by atoms with Crippen molar-refractivity contribution in [2.24, 2.45) is 0 Å². The van der Waals surface area contributed by atoms with Gasteiger partial charge in [0.25, 0.3) is 0 Å². The topological polar surface area (TPSA) is 181 Å². The van der Waals surface area contributed by atoms with Gasteiger partial charge in [-0.05, 0) is 25.0 Å². The van der Waals surface area contributed by atoms with Gasteiger partial charge >= 0.3 is 0 Å². The second-order valence-corrected chi connectivity index (χ2v) is 9.71. The molecule has 0 radical (unpaired) electrons. The van der Waals surface area contributed by atoms with E-state index < -0.39 is 72.8 Å². The van der Waals surface area contributed by atoms with Gasteiger partial charge in [0.1, 0.15) is 47.4 Å². The fourth-order valence-corrected chi connectivity index (χ4v) is 5.64. The summed E-state index contributed by atoms with van der Waals surface area (Å²) in [6.45, 7) is -0.538. The number of hydrogen-bond acceptors (Lipinski definition) is 12. The Balaban J connectivity index is 1.36. The van der Waals surface area contributed by atoms with Gasteiger partial charge in [-0.3, -0.25) is 9.59 Å². The molecule has 2 aromatic rings. The number of aliphatic hydroxyl groups is 3. The summed E-state index contributed by atoms with van der Waals surface area (Å²) in [6.07, 6.45) is -5.49. The fourth-order valence-electron chi connectivity index (χ4n) is 5.64. The number of phenols is 2. The van der Waals surface area contributed by atoms with E-state index in [0.29, 0.717) is 18.4 Å². The van der Waals surface area contributed by atoms with Crippen molar-refractivity contribution in [2.45, 2.75) is 62.4 Å². The van der Waals surface area contributed by atoms with Crippen LogP contribution in [0, 0.1) is 0 Å². The fraction of sp³-hybridized carbons (Fsp3) is 0.462. The maximum atomic E-state index is 13.5. The number of methoxy groups -OCH3 is 1. The number of hydrogen-bond donors (Lipinski definition) is 5. The van der Waals surface area contributed by atoms with Crippen molar-refractivity contribution in [1.82, 2.24) is 0 Å².